The van der Waals surface area contributed by atoms with Crippen molar-refractivity contribution in [3.8, 4) is 0 Å². The number of hydrogen-bond acceptors (Lipinski definition) is 3. The first-order valence-electron chi connectivity index (χ1n) is 6.38. The molecule has 5 nitrogen and oxygen atoms in total. The van der Waals surface area contributed by atoms with Crippen LogP contribution in [-0.2, 0) is 4.79 Å². The molecule has 5 heteroatoms. The SMILES string of the molecule is CC(C)C1CC(=O)NN=C1c1ccc2[nH][c]nc2c1. The number of imidazole rings is 1. The third-order valence-electron chi connectivity index (χ3n) is 3.52. The summed E-state index contributed by atoms with van der Waals surface area (Å²) in [7, 11) is 0. The molecule has 1 radical (unpaired) electrons. The highest BCUT2D eigenvalue weighted by Gasteiger charge is 2.28. The van der Waals surface area contributed by atoms with Crippen molar-refractivity contribution in [2.75, 3.05) is 0 Å². The van der Waals surface area contributed by atoms with Gasteiger partial charge in [0.05, 0.1) is 16.7 Å². The van der Waals surface area contributed by atoms with Crippen LogP contribution in [0.15, 0.2) is 23.3 Å². The fourth-order valence-electron chi connectivity index (χ4n) is 2.42. The van der Waals surface area contributed by atoms with Crippen LogP contribution in [0.2, 0.25) is 0 Å². The van der Waals surface area contributed by atoms with Gasteiger partial charge < -0.3 is 4.98 Å². The van der Waals surface area contributed by atoms with E-state index in [1.54, 1.807) is 0 Å². The Morgan fingerprint density at radius 1 is 1.42 bits per heavy atom. The van der Waals surface area contributed by atoms with Crippen LogP contribution in [0.25, 0.3) is 11.0 Å². The monoisotopic (exact) mass is 255 g/mol. The Morgan fingerprint density at radius 2 is 2.26 bits per heavy atom. The Bertz CT molecular complexity index is 656. The minimum Gasteiger partial charge on any atom is -0.335 e. The molecule has 1 unspecified atom stereocenters. The lowest BCUT2D eigenvalue weighted by Gasteiger charge is -2.25. The number of nitrogens with one attached hydrogen (secondary N) is 2. The van der Waals surface area contributed by atoms with E-state index in [2.05, 4.69) is 40.7 Å². The van der Waals surface area contributed by atoms with Gasteiger partial charge in [-0.15, -0.1) is 0 Å². The minimum atomic E-state index is -0.0170. The first-order valence-corrected chi connectivity index (χ1v) is 6.38. The van der Waals surface area contributed by atoms with Crippen LogP contribution in [0.1, 0.15) is 25.8 Å². The van der Waals surface area contributed by atoms with E-state index >= 15 is 0 Å². The molecule has 97 valence electrons. The molecular weight excluding hydrogens is 240 g/mol. The molecule has 19 heavy (non-hydrogen) atoms. The predicted molar refractivity (Wildman–Crippen MR) is 72.6 cm³/mol. The van der Waals surface area contributed by atoms with E-state index in [-0.39, 0.29) is 11.8 Å². The molecule has 1 amide bonds. The van der Waals surface area contributed by atoms with Gasteiger partial charge in [-0.05, 0) is 18.1 Å². The zero-order valence-corrected chi connectivity index (χ0v) is 10.9. The molecule has 1 aromatic heterocycles. The Kier molecular flexibility index (Phi) is 2.81. The van der Waals surface area contributed by atoms with Gasteiger partial charge >= 0.3 is 0 Å². The topological polar surface area (TPSA) is 70.1 Å². The molecule has 2 aromatic rings. The van der Waals surface area contributed by atoms with Gasteiger partial charge in [-0.2, -0.15) is 5.10 Å². The maximum atomic E-state index is 11.5. The summed E-state index contributed by atoms with van der Waals surface area (Å²) in [6.07, 6.45) is 3.21. The maximum absolute atomic E-state index is 11.5. The summed E-state index contributed by atoms with van der Waals surface area (Å²) < 4.78 is 0. The van der Waals surface area contributed by atoms with E-state index in [0.717, 1.165) is 22.3 Å². The van der Waals surface area contributed by atoms with Gasteiger partial charge in [0.2, 0.25) is 5.91 Å². The molecule has 1 atom stereocenters. The first-order chi connectivity index (χ1) is 9.15. The van der Waals surface area contributed by atoms with E-state index in [4.69, 9.17) is 0 Å². The molecule has 1 aliphatic rings. The zero-order valence-electron chi connectivity index (χ0n) is 10.9. The van der Waals surface area contributed by atoms with Crippen molar-refractivity contribution >= 4 is 22.7 Å². The number of fused-ring (bicyclic) bond motifs is 1. The van der Waals surface area contributed by atoms with Crippen LogP contribution in [0.3, 0.4) is 0 Å². The number of carbonyl (C=O) groups is 1. The number of hydrazone groups is 1. The summed E-state index contributed by atoms with van der Waals surface area (Å²) in [5.41, 5.74) is 6.32. The first kappa shape index (κ1) is 11.9. The summed E-state index contributed by atoms with van der Waals surface area (Å²) in [4.78, 5) is 18.6. The third kappa shape index (κ3) is 2.12. The van der Waals surface area contributed by atoms with Crippen molar-refractivity contribution in [3.63, 3.8) is 0 Å². The van der Waals surface area contributed by atoms with Gasteiger partial charge in [0.25, 0.3) is 0 Å². The summed E-state index contributed by atoms with van der Waals surface area (Å²) in [6, 6.07) is 5.94. The van der Waals surface area contributed by atoms with Gasteiger partial charge in [-0.1, -0.05) is 19.9 Å². The highest BCUT2D eigenvalue weighted by molar-refractivity contribution is 6.07. The lowest BCUT2D eigenvalue weighted by molar-refractivity contribution is -0.122. The fraction of sp³-hybridized carbons (Fsp3) is 0.357. The molecule has 0 spiro atoms. The van der Waals surface area contributed by atoms with E-state index < -0.39 is 0 Å². The summed E-state index contributed by atoms with van der Waals surface area (Å²) in [6.45, 7) is 4.22. The van der Waals surface area contributed by atoms with E-state index in [1.165, 1.54) is 0 Å². The van der Waals surface area contributed by atoms with Crippen LogP contribution in [-0.4, -0.2) is 21.6 Å². The van der Waals surface area contributed by atoms with Gasteiger partial charge in [-0.25, -0.2) is 10.4 Å². The van der Waals surface area contributed by atoms with Crippen LogP contribution < -0.4 is 5.43 Å². The number of benzene rings is 1. The lowest BCUT2D eigenvalue weighted by Crippen LogP contribution is -2.35. The number of aromatic amines is 1. The average molecular weight is 255 g/mol. The molecule has 0 saturated heterocycles. The number of nitrogens with zero attached hydrogens (tertiary/aromatic N) is 2. The van der Waals surface area contributed by atoms with Gasteiger partial charge in [-0.3, -0.25) is 4.79 Å². The molecular formula is C14H15N4O. The second kappa shape index (κ2) is 4.50. The molecule has 1 aromatic carbocycles. The van der Waals surface area contributed by atoms with E-state index in [1.807, 2.05) is 18.2 Å². The van der Waals surface area contributed by atoms with Gasteiger partial charge in [0, 0.05) is 17.9 Å². The van der Waals surface area contributed by atoms with E-state index in [0.29, 0.717) is 12.3 Å². The minimum absolute atomic E-state index is 0.0170. The van der Waals surface area contributed by atoms with Crippen molar-refractivity contribution in [3.05, 3.63) is 30.1 Å². The summed E-state index contributed by atoms with van der Waals surface area (Å²) >= 11 is 0. The van der Waals surface area contributed by atoms with Crippen molar-refractivity contribution in [2.24, 2.45) is 16.9 Å². The largest absolute Gasteiger partial charge is 0.335 e. The standard InChI is InChI=1S/C14H15N4O/c1-8(2)10-6-13(19)17-18-14(10)9-3-4-11-12(5-9)16-7-15-11/h3-5,8,10H,6H2,1-2H3,(H,15,16)(H,17,19). The normalized spacial score (nSPS) is 19.6. The van der Waals surface area contributed by atoms with Gasteiger partial charge in [0.1, 0.15) is 0 Å². The molecule has 0 saturated carbocycles. The second-order valence-corrected chi connectivity index (χ2v) is 5.17. The third-order valence-corrected chi connectivity index (χ3v) is 3.52. The molecule has 0 bridgehead atoms. The van der Waals surface area contributed by atoms with Crippen molar-refractivity contribution in [2.45, 2.75) is 20.3 Å². The number of aromatic nitrogens is 2. The maximum Gasteiger partial charge on any atom is 0.240 e. The number of rotatable bonds is 2. The van der Waals surface area contributed by atoms with Gasteiger partial charge in [0.15, 0.2) is 6.33 Å². The average Bonchev–Trinajstić information content (AvgIpc) is 2.85. The van der Waals surface area contributed by atoms with Crippen molar-refractivity contribution in [1.29, 1.82) is 0 Å². The van der Waals surface area contributed by atoms with Crippen molar-refractivity contribution in [1.82, 2.24) is 15.4 Å². The molecule has 2 heterocycles. The Hall–Kier alpha value is -2.17. The van der Waals surface area contributed by atoms with Crippen LogP contribution in [0.4, 0.5) is 0 Å². The lowest BCUT2D eigenvalue weighted by atomic mass is 9.83. The summed E-state index contributed by atoms with van der Waals surface area (Å²) in [5, 5.41) is 4.24. The van der Waals surface area contributed by atoms with Crippen LogP contribution >= 0.6 is 0 Å². The molecule has 0 fully saturated rings. The number of hydrogen-bond donors (Lipinski definition) is 2. The van der Waals surface area contributed by atoms with Crippen LogP contribution in [0.5, 0.6) is 0 Å². The predicted octanol–water partition coefficient (Wildman–Crippen LogP) is 1.86. The zero-order chi connectivity index (χ0) is 13.4. The van der Waals surface area contributed by atoms with E-state index in [9.17, 15) is 4.79 Å². The highest BCUT2D eigenvalue weighted by atomic mass is 16.2. The number of H-pyrrole nitrogens is 1. The molecule has 0 aliphatic carbocycles. The Labute approximate surface area is 111 Å². The molecule has 2 N–H and O–H groups in total. The second-order valence-electron chi connectivity index (χ2n) is 5.17. The number of carbonyl (C=O) groups excluding carboxylic acids is 1. The molecule has 3 rings (SSSR count). The fourth-order valence-corrected chi connectivity index (χ4v) is 2.42. The Balaban J connectivity index is 2.05. The number of amides is 1. The molecule has 1 aliphatic heterocycles. The van der Waals surface area contributed by atoms with Crippen LogP contribution in [0, 0.1) is 18.2 Å². The van der Waals surface area contributed by atoms with Crippen molar-refractivity contribution < 1.29 is 4.79 Å². The Morgan fingerprint density at radius 3 is 3.05 bits per heavy atom. The summed E-state index contributed by atoms with van der Waals surface area (Å²) in [5.74, 6) is 0.497. The smallest absolute Gasteiger partial charge is 0.240 e. The quantitative estimate of drug-likeness (QED) is 0.859. The highest BCUT2D eigenvalue weighted by Crippen LogP contribution is 2.25.